The van der Waals surface area contributed by atoms with Crippen LogP contribution in [0.15, 0.2) is 0 Å². The van der Waals surface area contributed by atoms with Crippen LogP contribution in [0, 0.1) is 34.5 Å². The summed E-state index contributed by atoms with van der Waals surface area (Å²) in [5.41, 5.74) is -0.0316. The largest absolute Gasteiger partial charge is 0.198 e. The molecule has 2 fully saturated rings. The van der Waals surface area contributed by atoms with Crippen molar-refractivity contribution in [3.05, 3.63) is 0 Å². The van der Waals surface area contributed by atoms with Crippen LogP contribution in [0.5, 0.6) is 0 Å². The first-order valence-corrected chi connectivity index (χ1v) is 6.54. The predicted molar refractivity (Wildman–Crippen MR) is 62.2 cm³/mol. The van der Waals surface area contributed by atoms with E-state index in [0.717, 1.165) is 24.2 Å². The maximum absolute atomic E-state index is 9.33. The lowest BCUT2D eigenvalue weighted by Gasteiger charge is -2.32. The second-order valence-corrected chi connectivity index (χ2v) is 6.23. The normalized spacial score (nSPS) is 46.3. The van der Waals surface area contributed by atoms with Gasteiger partial charge in [0.2, 0.25) is 0 Å². The van der Waals surface area contributed by atoms with Gasteiger partial charge in [0, 0.05) is 0 Å². The van der Waals surface area contributed by atoms with Crippen molar-refractivity contribution >= 4 is 0 Å². The van der Waals surface area contributed by atoms with Crippen LogP contribution in [0.1, 0.15) is 58.8 Å². The van der Waals surface area contributed by atoms with Gasteiger partial charge in [-0.15, -0.1) is 0 Å². The average molecular weight is 205 g/mol. The topological polar surface area (TPSA) is 23.8 Å². The van der Waals surface area contributed by atoms with Crippen molar-refractivity contribution in [2.75, 3.05) is 0 Å². The highest BCUT2D eigenvalue weighted by molar-refractivity contribution is 5.01. The molecule has 0 aliphatic heterocycles. The molecule has 0 aromatic heterocycles. The second-order valence-electron chi connectivity index (χ2n) is 6.23. The Morgan fingerprint density at radius 3 is 2.47 bits per heavy atom. The lowest BCUT2D eigenvalue weighted by atomic mass is 9.72. The van der Waals surface area contributed by atoms with E-state index in [1.165, 1.54) is 38.5 Å². The minimum Gasteiger partial charge on any atom is -0.198 e. The molecule has 15 heavy (non-hydrogen) atoms. The van der Waals surface area contributed by atoms with Crippen molar-refractivity contribution in [3.63, 3.8) is 0 Å². The van der Waals surface area contributed by atoms with Crippen LogP contribution in [-0.4, -0.2) is 0 Å². The highest BCUT2D eigenvalue weighted by Crippen LogP contribution is 2.47. The molecule has 2 aliphatic carbocycles. The fourth-order valence-electron chi connectivity index (χ4n) is 3.99. The fourth-order valence-corrected chi connectivity index (χ4v) is 3.99. The van der Waals surface area contributed by atoms with E-state index >= 15 is 0 Å². The zero-order chi connectivity index (χ0) is 10.9. The molecule has 0 aromatic rings. The maximum Gasteiger partial charge on any atom is 0.0687 e. The lowest BCUT2D eigenvalue weighted by molar-refractivity contribution is 0.194. The number of nitriles is 1. The minimum atomic E-state index is -0.0316. The van der Waals surface area contributed by atoms with Gasteiger partial charge >= 0.3 is 0 Å². The van der Waals surface area contributed by atoms with Crippen LogP contribution in [0.4, 0.5) is 0 Å². The van der Waals surface area contributed by atoms with Crippen molar-refractivity contribution in [2.45, 2.75) is 58.8 Å². The zero-order valence-corrected chi connectivity index (χ0v) is 10.1. The molecule has 0 heterocycles. The second kappa shape index (κ2) is 4.16. The predicted octanol–water partition coefficient (Wildman–Crippen LogP) is 4.14. The quantitative estimate of drug-likeness (QED) is 0.583. The Hall–Kier alpha value is -0.510. The van der Waals surface area contributed by atoms with Gasteiger partial charge in [-0.3, -0.25) is 0 Å². The van der Waals surface area contributed by atoms with Crippen LogP contribution in [0.25, 0.3) is 0 Å². The average Bonchev–Trinajstić information content (AvgIpc) is 2.33. The Balaban J connectivity index is 2.14. The summed E-state index contributed by atoms with van der Waals surface area (Å²) < 4.78 is 0. The molecule has 0 aromatic carbocycles. The molecule has 0 saturated heterocycles. The summed E-state index contributed by atoms with van der Waals surface area (Å²) >= 11 is 0. The van der Waals surface area contributed by atoms with Gasteiger partial charge in [0.05, 0.1) is 11.5 Å². The van der Waals surface area contributed by atoms with Gasteiger partial charge in [-0.2, -0.15) is 5.26 Å². The summed E-state index contributed by atoms with van der Waals surface area (Å²) in [7, 11) is 0. The van der Waals surface area contributed by atoms with Crippen molar-refractivity contribution in [2.24, 2.45) is 23.2 Å². The number of nitrogens with zero attached hydrogens (tertiary/aromatic N) is 1. The summed E-state index contributed by atoms with van der Waals surface area (Å²) in [6.07, 6.45) is 9.30. The Labute approximate surface area is 93.9 Å². The van der Waals surface area contributed by atoms with Crippen molar-refractivity contribution < 1.29 is 0 Å². The van der Waals surface area contributed by atoms with Gasteiger partial charge in [0.15, 0.2) is 0 Å². The summed E-state index contributed by atoms with van der Waals surface area (Å²) in [6, 6.07) is 2.58. The molecule has 1 heteroatoms. The highest BCUT2D eigenvalue weighted by Gasteiger charge is 2.38. The van der Waals surface area contributed by atoms with Crippen LogP contribution in [0.2, 0.25) is 0 Å². The number of fused-ring (bicyclic) bond motifs is 1. The molecule has 2 aliphatic rings. The van der Waals surface area contributed by atoms with Crippen LogP contribution < -0.4 is 0 Å². The maximum atomic E-state index is 9.33. The summed E-state index contributed by atoms with van der Waals surface area (Å²) in [4.78, 5) is 0. The molecule has 0 amide bonds. The first kappa shape index (κ1) is 11.0. The Morgan fingerprint density at radius 1 is 1.13 bits per heavy atom. The van der Waals surface area contributed by atoms with Gasteiger partial charge < -0.3 is 0 Å². The van der Waals surface area contributed by atoms with E-state index in [9.17, 15) is 5.26 Å². The van der Waals surface area contributed by atoms with E-state index in [1.807, 2.05) is 0 Å². The SMILES string of the molecule is CC1CC2CCCCC2CC(C)(C#N)C1. The monoisotopic (exact) mass is 205 g/mol. The third-order valence-corrected chi connectivity index (χ3v) is 4.55. The van der Waals surface area contributed by atoms with Gasteiger partial charge in [-0.05, 0) is 43.9 Å². The van der Waals surface area contributed by atoms with E-state index in [4.69, 9.17) is 0 Å². The number of hydrogen-bond acceptors (Lipinski definition) is 1. The molecular weight excluding hydrogens is 182 g/mol. The molecule has 1 nitrogen and oxygen atoms in total. The van der Waals surface area contributed by atoms with Crippen molar-refractivity contribution in [1.82, 2.24) is 0 Å². The molecule has 0 spiro atoms. The Kier molecular flexibility index (Phi) is 3.05. The zero-order valence-electron chi connectivity index (χ0n) is 10.1. The van der Waals surface area contributed by atoms with E-state index in [2.05, 4.69) is 19.9 Å². The molecule has 2 rings (SSSR count). The van der Waals surface area contributed by atoms with E-state index < -0.39 is 0 Å². The minimum absolute atomic E-state index is 0.0316. The van der Waals surface area contributed by atoms with Crippen molar-refractivity contribution in [3.8, 4) is 6.07 Å². The van der Waals surface area contributed by atoms with Crippen LogP contribution in [-0.2, 0) is 0 Å². The molecule has 0 N–H and O–H groups in total. The van der Waals surface area contributed by atoms with Gasteiger partial charge in [-0.25, -0.2) is 0 Å². The lowest BCUT2D eigenvalue weighted by Crippen LogP contribution is -2.23. The summed E-state index contributed by atoms with van der Waals surface area (Å²) in [5.74, 6) is 2.54. The first-order chi connectivity index (χ1) is 7.13. The Morgan fingerprint density at radius 2 is 1.80 bits per heavy atom. The molecular formula is C14H23N. The fraction of sp³-hybridized carbons (Fsp3) is 0.929. The standard InChI is InChI=1S/C14H23N/c1-11-7-12-5-3-4-6-13(12)9-14(2,8-11)10-15/h11-13H,3-9H2,1-2H3. The van der Waals surface area contributed by atoms with Crippen LogP contribution in [0.3, 0.4) is 0 Å². The number of rotatable bonds is 0. The Bertz CT molecular complexity index is 265. The smallest absolute Gasteiger partial charge is 0.0687 e. The molecule has 2 saturated carbocycles. The molecule has 0 radical (unpaired) electrons. The van der Waals surface area contributed by atoms with Gasteiger partial charge in [0.1, 0.15) is 0 Å². The number of hydrogen-bond donors (Lipinski definition) is 0. The molecule has 4 unspecified atom stereocenters. The third kappa shape index (κ3) is 2.36. The third-order valence-electron chi connectivity index (χ3n) is 4.55. The molecule has 0 bridgehead atoms. The van der Waals surface area contributed by atoms with E-state index in [0.29, 0.717) is 0 Å². The molecule has 4 atom stereocenters. The van der Waals surface area contributed by atoms with Gasteiger partial charge in [-0.1, -0.05) is 32.6 Å². The van der Waals surface area contributed by atoms with E-state index in [1.54, 1.807) is 0 Å². The highest BCUT2D eigenvalue weighted by atomic mass is 14.4. The van der Waals surface area contributed by atoms with Gasteiger partial charge in [0.25, 0.3) is 0 Å². The van der Waals surface area contributed by atoms with E-state index in [-0.39, 0.29) is 5.41 Å². The molecule has 84 valence electrons. The van der Waals surface area contributed by atoms with Crippen molar-refractivity contribution in [1.29, 1.82) is 5.26 Å². The summed E-state index contributed by atoms with van der Waals surface area (Å²) in [6.45, 7) is 4.52. The summed E-state index contributed by atoms with van der Waals surface area (Å²) in [5, 5.41) is 9.33. The van der Waals surface area contributed by atoms with Crippen LogP contribution >= 0.6 is 0 Å². The first-order valence-electron chi connectivity index (χ1n) is 6.54.